The van der Waals surface area contributed by atoms with Gasteiger partial charge in [-0.3, -0.25) is 0 Å². The fraction of sp³-hybridized carbons (Fsp3) is 0.200. The fourth-order valence-corrected chi connectivity index (χ4v) is 4.32. The van der Waals surface area contributed by atoms with Crippen molar-refractivity contribution in [3.8, 4) is 16.3 Å². The largest absolute Gasteiger partial charge is 0.496 e. The number of carbonyl (C=O) groups excluding carboxylic acids is 1. The number of aromatic nitrogens is 1. The van der Waals surface area contributed by atoms with Crippen molar-refractivity contribution >= 4 is 27.3 Å². The van der Waals surface area contributed by atoms with Gasteiger partial charge in [-0.15, -0.1) is 11.3 Å². The van der Waals surface area contributed by atoms with Crippen LogP contribution in [0.2, 0.25) is 0 Å². The van der Waals surface area contributed by atoms with E-state index < -0.39 is 16.0 Å². The average Bonchev–Trinajstić information content (AvgIpc) is 3.20. The maximum atomic E-state index is 12.4. The molecule has 0 aliphatic heterocycles. The van der Waals surface area contributed by atoms with E-state index in [0.29, 0.717) is 11.4 Å². The number of esters is 1. The minimum atomic E-state index is -3.63. The molecular formula is C20H20N2O5S2. The first-order valence-electron chi connectivity index (χ1n) is 8.60. The zero-order chi connectivity index (χ0) is 21.0. The molecule has 7 nitrogen and oxygen atoms in total. The molecular weight excluding hydrogens is 412 g/mol. The third kappa shape index (κ3) is 4.64. The molecule has 0 unspecified atom stereocenters. The Balaban J connectivity index is 1.72. The van der Waals surface area contributed by atoms with Crippen LogP contribution in [0.4, 0.5) is 0 Å². The van der Waals surface area contributed by atoms with Crippen LogP contribution in [-0.4, -0.2) is 44.9 Å². The van der Waals surface area contributed by atoms with Crippen LogP contribution in [0.25, 0.3) is 10.6 Å². The van der Waals surface area contributed by atoms with Gasteiger partial charge in [-0.2, -0.15) is 0 Å². The summed E-state index contributed by atoms with van der Waals surface area (Å²) in [5.41, 5.74) is 1.62. The number of hydrogen-bond acceptors (Lipinski definition) is 7. The first kappa shape index (κ1) is 21.0. The van der Waals surface area contributed by atoms with E-state index in [1.54, 1.807) is 7.11 Å². The van der Waals surface area contributed by atoms with Crippen LogP contribution in [0.15, 0.2) is 58.8 Å². The second kappa shape index (κ2) is 8.73. The number of nitrogens with zero attached hydrogens (tertiary/aromatic N) is 2. The number of rotatable bonds is 7. The molecule has 0 radical (unpaired) electrons. The van der Waals surface area contributed by atoms with Crippen LogP contribution in [0, 0.1) is 0 Å². The summed E-state index contributed by atoms with van der Waals surface area (Å²) in [7, 11) is 0.831. The third-order valence-electron chi connectivity index (χ3n) is 4.09. The van der Waals surface area contributed by atoms with E-state index in [-0.39, 0.29) is 17.1 Å². The summed E-state index contributed by atoms with van der Waals surface area (Å²) in [5, 5.41) is 2.56. The molecule has 1 heterocycles. The molecule has 0 atom stereocenters. The van der Waals surface area contributed by atoms with Crippen LogP contribution in [0.1, 0.15) is 16.1 Å². The number of ether oxygens (including phenoxy) is 2. The number of hydrogen-bond donors (Lipinski definition) is 0. The van der Waals surface area contributed by atoms with E-state index in [0.717, 1.165) is 14.9 Å². The third-order valence-corrected chi connectivity index (χ3v) is 6.82. The van der Waals surface area contributed by atoms with Gasteiger partial charge in [0, 0.05) is 19.5 Å². The van der Waals surface area contributed by atoms with Crippen molar-refractivity contribution in [2.75, 3.05) is 21.2 Å². The summed E-state index contributed by atoms with van der Waals surface area (Å²) < 4.78 is 36.2. The van der Waals surface area contributed by atoms with Gasteiger partial charge in [0.1, 0.15) is 17.4 Å². The maximum absolute atomic E-state index is 12.4. The molecule has 29 heavy (non-hydrogen) atoms. The number of methoxy groups -OCH3 is 1. The standard InChI is InChI=1S/C20H20N2O5S2/c1-22(2)29(24,25)16-8-6-7-14(11-16)20(23)27-12-15-13-28-19(21-15)17-9-4-5-10-18(17)26-3/h4-11,13H,12H2,1-3H3. The molecule has 0 aliphatic carbocycles. The average molecular weight is 433 g/mol. The first-order chi connectivity index (χ1) is 13.8. The summed E-state index contributed by atoms with van der Waals surface area (Å²) in [6.45, 7) is -0.0187. The molecule has 0 spiro atoms. The van der Waals surface area contributed by atoms with Gasteiger partial charge >= 0.3 is 5.97 Å². The first-order valence-corrected chi connectivity index (χ1v) is 10.9. The zero-order valence-corrected chi connectivity index (χ0v) is 17.8. The monoisotopic (exact) mass is 432 g/mol. The molecule has 0 saturated heterocycles. The second-order valence-corrected chi connectivity index (χ2v) is 9.25. The molecule has 3 aromatic rings. The minimum Gasteiger partial charge on any atom is -0.496 e. The van der Waals surface area contributed by atoms with Gasteiger partial charge in [-0.25, -0.2) is 22.5 Å². The maximum Gasteiger partial charge on any atom is 0.338 e. The van der Waals surface area contributed by atoms with Gasteiger partial charge in [0.05, 0.1) is 28.8 Å². The smallest absolute Gasteiger partial charge is 0.338 e. The lowest BCUT2D eigenvalue weighted by Crippen LogP contribution is -2.22. The van der Waals surface area contributed by atoms with Gasteiger partial charge in [0.25, 0.3) is 0 Å². The SMILES string of the molecule is COc1ccccc1-c1nc(COC(=O)c2cccc(S(=O)(=O)N(C)C)c2)cs1. The van der Waals surface area contributed by atoms with Gasteiger partial charge in [-0.05, 0) is 30.3 Å². The quantitative estimate of drug-likeness (QED) is 0.532. The van der Waals surface area contributed by atoms with Crippen molar-refractivity contribution in [2.24, 2.45) is 0 Å². The van der Waals surface area contributed by atoms with Crippen molar-refractivity contribution in [1.82, 2.24) is 9.29 Å². The lowest BCUT2D eigenvalue weighted by molar-refractivity contribution is 0.0468. The van der Waals surface area contributed by atoms with Crippen LogP contribution in [-0.2, 0) is 21.4 Å². The van der Waals surface area contributed by atoms with E-state index >= 15 is 0 Å². The van der Waals surface area contributed by atoms with Crippen molar-refractivity contribution in [3.63, 3.8) is 0 Å². The molecule has 0 N–H and O–H groups in total. The Morgan fingerprint density at radius 2 is 1.90 bits per heavy atom. The zero-order valence-electron chi connectivity index (χ0n) is 16.2. The summed E-state index contributed by atoms with van der Waals surface area (Å²) in [5.74, 6) is 0.0944. The number of carbonyl (C=O) groups is 1. The molecule has 2 aromatic carbocycles. The summed E-state index contributed by atoms with van der Waals surface area (Å²) in [4.78, 5) is 16.9. The molecule has 9 heteroatoms. The number of benzene rings is 2. The fourth-order valence-electron chi connectivity index (χ4n) is 2.54. The number of sulfonamides is 1. The highest BCUT2D eigenvalue weighted by Crippen LogP contribution is 2.32. The Hall–Kier alpha value is -2.75. The molecule has 0 aliphatic rings. The Morgan fingerprint density at radius 1 is 1.14 bits per heavy atom. The summed E-state index contributed by atoms with van der Waals surface area (Å²) in [6.07, 6.45) is 0. The molecule has 0 fully saturated rings. The normalized spacial score (nSPS) is 11.4. The van der Waals surface area contributed by atoms with Crippen molar-refractivity contribution in [2.45, 2.75) is 11.5 Å². The highest BCUT2D eigenvalue weighted by Gasteiger charge is 2.19. The van der Waals surface area contributed by atoms with E-state index in [2.05, 4.69) is 4.98 Å². The van der Waals surface area contributed by atoms with Crippen LogP contribution < -0.4 is 4.74 Å². The van der Waals surface area contributed by atoms with Crippen LogP contribution in [0.5, 0.6) is 5.75 Å². The molecule has 152 valence electrons. The van der Waals surface area contributed by atoms with Crippen molar-refractivity contribution in [3.05, 3.63) is 65.2 Å². The van der Waals surface area contributed by atoms with E-state index in [4.69, 9.17) is 9.47 Å². The lowest BCUT2D eigenvalue weighted by atomic mass is 10.2. The summed E-state index contributed by atoms with van der Waals surface area (Å²) >= 11 is 1.42. The highest BCUT2D eigenvalue weighted by atomic mass is 32.2. The van der Waals surface area contributed by atoms with Crippen LogP contribution in [0.3, 0.4) is 0 Å². The predicted molar refractivity (Wildman–Crippen MR) is 111 cm³/mol. The molecule has 3 rings (SSSR count). The Morgan fingerprint density at radius 3 is 2.62 bits per heavy atom. The van der Waals surface area contributed by atoms with Gasteiger partial charge in [0.15, 0.2) is 0 Å². The highest BCUT2D eigenvalue weighted by molar-refractivity contribution is 7.89. The second-order valence-electron chi connectivity index (χ2n) is 6.24. The minimum absolute atomic E-state index is 0.0187. The Bertz CT molecular complexity index is 1120. The Labute approximate surface area is 173 Å². The Kier molecular flexibility index (Phi) is 6.31. The van der Waals surface area contributed by atoms with Gasteiger partial charge in [-0.1, -0.05) is 18.2 Å². The lowest BCUT2D eigenvalue weighted by Gasteiger charge is -2.12. The molecule has 0 amide bonds. The van der Waals surface area contributed by atoms with Gasteiger partial charge in [0.2, 0.25) is 10.0 Å². The van der Waals surface area contributed by atoms with Crippen LogP contribution >= 0.6 is 11.3 Å². The summed E-state index contributed by atoms with van der Waals surface area (Å²) in [6, 6.07) is 13.3. The van der Waals surface area contributed by atoms with Gasteiger partial charge < -0.3 is 9.47 Å². The molecule has 0 bridgehead atoms. The number of thiazole rings is 1. The van der Waals surface area contributed by atoms with E-state index in [1.807, 2.05) is 29.6 Å². The predicted octanol–water partition coefficient (Wildman–Crippen LogP) is 3.43. The van der Waals surface area contributed by atoms with E-state index in [9.17, 15) is 13.2 Å². The van der Waals surface area contributed by atoms with Crippen molar-refractivity contribution in [1.29, 1.82) is 0 Å². The molecule has 1 aromatic heterocycles. The van der Waals surface area contributed by atoms with Crippen molar-refractivity contribution < 1.29 is 22.7 Å². The topological polar surface area (TPSA) is 85.8 Å². The number of para-hydroxylation sites is 1. The molecule has 0 saturated carbocycles. The van der Waals surface area contributed by atoms with E-state index in [1.165, 1.54) is 49.7 Å².